The van der Waals surface area contributed by atoms with Gasteiger partial charge < -0.3 is 10.6 Å². The van der Waals surface area contributed by atoms with Gasteiger partial charge in [-0.2, -0.15) is 11.3 Å². The first-order valence-electron chi connectivity index (χ1n) is 10.2. The summed E-state index contributed by atoms with van der Waals surface area (Å²) < 4.78 is 0. The van der Waals surface area contributed by atoms with Crippen molar-refractivity contribution in [3.63, 3.8) is 0 Å². The van der Waals surface area contributed by atoms with E-state index in [1.807, 2.05) is 36.6 Å². The molecule has 2 N–H and O–H groups in total. The highest BCUT2D eigenvalue weighted by molar-refractivity contribution is 7.98. The summed E-state index contributed by atoms with van der Waals surface area (Å²) in [5, 5.41) is 9.92. The Kier molecular flexibility index (Phi) is 6.15. The van der Waals surface area contributed by atoms with Gasteiger partial charge in [0, 0.05) is 10.6 Å². The van der Waals surface area contributed by atoms with Gasteiger partial charge in [0.2, 0.25) is 5.91 Å². The fourth-order valence-electron chi connectivity index (χ4n) is 4.20. The molecule has 1 spiro atoms. The van der Waals surface area contributed by atoms with E-state index in [0.29, 0.717) is 12.1 Å². The smallest absolute Gasteiger partial charge is 0.324 e. The van der Waals surface area contributed by atoms with Gasteiger partial charge in [-0.3, -0.25) is 14.5 Å². The van der Waals surface area contributed by atoms with Crippen LogP contribution in [0.3, 0.4) is 0 Å². The van der Waals surface area contributed by atoms with E-state index in [4.69, 9.17) is 0 Å². The number of amides is 4. The highest BCUT2D eigenvalue weighted by Crippen LogP contribution is 2.38. The lowest BCUT2D eigenvalue weighted by molar-refractivity contribution is -0.136. The number of nitrogens with one attached hydrogen (secondary N) is 2. The molecule has 6 nitrogen and oxygen atoms in total. The van der Waals surface area contributed by atoms with Crippen molar-refractivity contribution in [3.8, 4) is 0 Å². The maximum absolute atomic E-state index is 13.1. The van der Waals surface area contributed by atoms with Gasteiger partial charge in [0.05, 0.1) is 5.69 Å². The fourth-order valence-corrected chi connectivity index (χ4v) is 5.93. The lowest BCUT2D eigenvalue weighted by Gasteiger charge is -2.36. The Morgan fingerprint density at radius 2 is 2.13 bits per heavy atom. The third-order valence-electron chi connectivity index (χ3n) is 5.94. The molecular formula is C22H25N3O3S2. The van der Waals surface area contributed by atoms with Crippen LogP contribution in [-0.4, -0.2) is 34.8 Å². The highest BCUT2D eigenvalue weighted by Gasteiger charge is 2.55. The number of thiophene rings is 1. The zero-order chi connectivity index (χ0) is 21.1. The highest BCUT2D eigenvalue weighted by atomic mass is 32.2. The zero-order valence-corrected chi connectivity index (χ0v) is 18.5. The molecule has 158 valence electrons. The van der Waals surface area contributed by atoms with Gasteiger partial charge in [-0.1, -0.05) is 31.9 Å². The number of nitrogens with zero attached hydrogens (tertiary/aromatic N) is 1. The molecule has 2 atom stereocenters. The summed E-state index contributed by atoms with van der Waals surface area (Å²) >= 11 is 3.30. The van der Waals surface area contributed by atoms with Crippen molar-refractivity contribution in [2.75, 3.05) is 11.9 Å². The fraction of sp³-hybridized carbons (Fsp3) is 0.409. The van der Waals surface area contributed by atoms with E-state index in [-0.39, 0.29) is 24.3 Å². The van der Waals surface area contributed by atoms with Crippen molar-refractivity contribution in [1.82, 2.24) is 10.2 Å². The Balaban J connectivity index is 1.41. The second-order valence-electron chi connectivity index (χ2n) is 7.90. The topological polar surface area (TPSA) is 78.5 Å². The van der Waals surface area contributed by atoms with Gasteiger partial charge in [0.1, 0.15) is 12.1 Å². The van der Waals surface area contributed by atoms with Crippen LogP contribution in [-0.2, 0) is 15.3 Å². The van der Waals surface area contributed by atoms with E-state index in [1.165, 1.54) is 5.56 Å². The molecular weight excluding hydrogens is 418 g/mol. The van der Waals surface area contributed by atoms with Gasteiger partial charge in [-0.15, -0.1) is 11.8 Å². The number of hydrogen-bond donors (Lipinski definition) is 2. The number of urea groups is 1. The predicted octanol–water partition coefficient (Wildman–Crippen LogP) is 4.48. The quantitative estimate of drug-likeness (QED) is 0.510. The minimum absolute atomic E-state index is 0.0741. The first-order chi connectivity index (χ1) is 14.5. The molecule has 2 aliphatic rings. The van der Waals surface area contributed by atoms with Crippen molar-refractivity contribution < 1.29 is 14.4 Å². The van der Waals surface area contributed by atoms with Crippen LogP contribution in [0.5, 0.6) is 0 Å². The summed E-state index contributed by atoms with van der Waals surface area (Å²) in [6.45, 7) is 1.73. The Labute approximate surface area is 184 Å². The standard InChI is InChI=1S/C22H25N3O3S2/c1-15-6-4-5-10-22(15)20(27)25(21(28)24-22)12-19(26)23-17-7-2-3-8-18(17)30-14-16-9-11-29-13-16/h2-3,7-9,11,13,15H,4-6,10,12,14H2,1H3,(H,23,26)(H,24,28). The number of carbonyl (C=O) groups excluding carboxylic acids is 3. The van der Waals surface area contributed by atoms with Crippen LogP contribution in [0.4, 0.5) is 10.5 Å². The van der Waals surface area contributed by atoms with Crippen molar-refractivity contribution in [2.45, 2.75) is 48.8 Å². The van der Waals surface area contributed by atoms with Crippen LogP contribution in [0.2, 0.25) is 0 Å². The lowest BCUT2D eigenvalue weighted by Crippen LogP contribution is -2.54. The SMILES string of the molecule is CC1CCCCC12NC(=O)N(CC(=O)Nc1ccccc1SCc1ccsc1)C2=O. The van der Waals surface area contributed by atoms with Crippen molar-refractivity contribution >= 4 is 46.6 Å². The number of para-hydroxylation sites is 1. The van der Waals surface area contributed by atoms with Crippen LogP contribution >= 0.6 is 23.1 Å². The molecule has 1 aliphatic heterocycles. The molecule has 1 aliphatic carbocycles. The number of carbonyl (C=O) groups is 3. The minimum atomic E-state index is -0.843. The summed E-state index contributed by atoms with van der Waals surface area (Å²) in [7, 11) is 0. The average Bonchev–Trinajstić information content (AvgIpc) is 3.33. The molecule has 2 fully saturated rings. The van der Waals surface area contributed by atoms with Gasteiger partial charge in [0.15, 0.2) is 0 Å². The van der Waals surface area contributed by atoms with Crippen LogP contribution in [0, 0.1) is 5.92 Å². The molecule has 2 unspecified atom stereocenters. The second-order valence-corrected chi connectivity index (χ2v) is 9.70. The van der Waals surface area contributed by atoms with E-state index < -0.39 is 11.6 Å². The number of benzene rings is 1. The van der Waals surface area contributed by atoms with Crippen LogP contribution in [0.15, 0.2) is 46.0 Å². The van der Waals surface area contributed by atoms with E-state index in [2.05, 4.69) is 22.1 Å². The Bertz CT molecular complexity index is 947. The van der Waals surface area contributed by atoms with E-state index in [1.54, 1.807) is 23.1 Å². The van der Waals surface area contributed by atoms with Gasteiger partial charge >= 0.3 is 6.03 Å². The van der Waals surface area contributed by atoms with Gasteiger partial charge in [-0.05, 0) is 53.3 Å². The third-order valence-corrected chi connectivity index (χ3v) is 7.82. The lowest BCUT2D eigenvalue weighted by atomic mass is 9.73. The number of imide groups is 1. The van der Waals surface area contributed by atoms with Crippen molar-refractivity contribution in [2.24, 2.45) is 5.92 Å². The molecule has 30 heavy (non-hydrogen) atoms. The maximum Gasteiger partial charge on any atom is 0.325 e. The molecule has 8 heteroatoms. The summed E-state index contributed by atoms with van der Waals surface area (Å²) in [5.74, 6) is 0.242. The van der Waals surface area contributed by atoms with Crippen LogP contribution in [0.1, 0.15) is 38.2 Å². The molecule has 1 saturated heterocycles. The first kappa shape index (κ1) is 20.9. The third kappa shape index (κ3) is 4.11. The Hall–Kier alpha value is -2.32. The average molecular weight is 444 g/mol. The molecule has 2 heterocycles. The number of hydrogen-bond acceptors (Lipinski definition) is 5. The number of thioether (sulfide) groups is 1. The molecule has 2 aromatic rings. The largest absolute Gasteiger partial charge is 0.325 e. The Morgan fingerprint density at radius 3 is 2.90 bits per heavy atom. The molecule has 4 rings (SSSR count). The van der Waals surface area contributed by atoms with Crippen LogP contribution < -0.4 is 10.6 Å². The van der Waals surface area contributed by atoms with E-state index >= 15 is 0 Å². The summed E-state index contributed by atoms with van der Waals surface area (Å²) in [4.78, 5) is 40.3. The van der Waals surface area contributed by atoms with Gasteiger partial charge in [-0.25, -0.2) is 4.79 Å². The van der Waals surface area contributed by atoms with Crippen molar-refractivity contribution in [1.29, 1.82) is 0 Å². The maximum atomic E-state index is 13.1. The van der Waals surface area contributed by atoms with Gasteiger partial charge in [0.25, 0.3) is 5.91 Å². The summed E-state index contributed by atoms with van der Waals surface area (Å²) in [6, 6.07) is 9.19. The summed E-state index contributed by atoms with van der Waals surface area (Å²) in [6.07, 6.45) is 3.51. The number of anilines is 1. The van der Waals surface area contributed by atoms with Crippen LogP contribution in [0.25, 0.3) is 0 Å². The van der Waals surface area contributed by atoms with E-state index in [0.717, 1.165) is 34.8 Å². The molecule has 1 aromatic heterocycles. The molecule has 4 amide bonds. The second kappa shape index (κ2) is 8.81. The monoisotopic (exact) mass is 443 g/mol. The molecule has 0 bridgehead atoms. The van der Waals surface area contributed by atoms with E-state index in [9.17, 15) is 14.4 Å². The Morgan fingerprint density at radius 1 is 1.30 bits per heavy atom. The predicted molar refractivity (Wildman–Crippen MR) is 120 cm³/mol. The molecule has 1 aromatic carbocycles. The molecule has 0 radical (unpaired) electrons. The molecule has 1 saturated carbocycles. The number of rotatable bonds is 6. The minimum Gasteiger partial charge on any atom is -0.324 e. The summed E-state index contributed by atoms with van der Waals surface area (Å²) in [5.41, 5.74) is 1.08. The zero-order valence-electron chi connectivity index (χ0n) is 16.8. The first-order valence-corrected chi connectivity index (χ1v) is 12.1. The normalized spacial score (nSPS) is 23.6. The van der Waals surface area contributed by atoms with Crippen molar-refractivity contribution in [3.05, 3.63) is 46.7 Å².